The van der Waals surface area contributed by atoms with Gasteiger partial charge in [0.1, 0.15) is 6.04 Å². The van der Waals surface area contributed by atoms with Crippen molar-refractivity contribution in [2.75, 3.05) is 0 Å². The van der Waals surface area contributed by atoms with E-state index in [0.29, 0.717) is 11.8 Å². The molecule has 1 rings (SSSR count). The Morgan fingerprint density at radius 2 is 1.62 bits per heavy atom. The summed E-state index contributed by atoms with van der Waals surface area (Å²) in [4.78, 5) is 10.6. The summed E-state index contributed by atoms with van der Waals surface area (Å²) in [5, 5.41) is 8.72. The number of nitrogens with two attached hydrogens (primary N) is 1. The number of aliphatic carboxylic acids is 1. The Labute approximate surface area is 104 Å². The first-order chi connectivity index (χ1) is 7.56. The average Bonchev–Trinajstić information content (AvgIpc) is 2.28. The molecular formula is C11H13Cl2NO2. The maximum Gasteiger partial charge on any atom is 0.320 e. The summed E-state index contributed by atoms with van der Waals surface area (Å²) in [7, 11) is 0. The predicted octanol–water partition coefficient (Wildman–Crippen LogP) is 2.12. The van der Waals surface area contributed by atoms with Gasteiger partial charge in [-0.1, -0.05) is 18.2 Å². The molecule has 0 bridgehead atoms. The minimum atomic E-state index is -1.01. The van der Waals surface area contributed by atoms with Gasteiger partial charge in [-0.25, -0.2) is 0 Å². The van der Waals surface area contributed by atoms with Crippen LogP contribution < -0.4 is 5.73 Å². The Hall–Kier alpha value is -0.770. The number of alkyl halides is 2. The molecule has 0 aromatic heterocycles. The number of benzene rings is 1. The van der Waals surface area contributed by atoms with Crippen molar-refractivity contribution in [3.05, 3.63) is 34.9 Å². The summed E-state index contributed by atoms with van der Waals surface area (Å²) in [5.74, 6) is -0.260. The third-order valence-corrected chi connectivity index (χ3v) is 2.81. The zero-order valence-electron chi connectivity index (χ0n) is 8.62. The van der Waals surface area contributed by atoms with Crippen molar-refractivity contribution in [2.24, 2.45) is 5.73 Å². The maximum absolute atomic E-state index is 10.6. The van der Waals surface area contributed by atoms with Crippen LogP contribution in [0, 0.1) is 0 Å². The molecule has 0 aliphatic rings. The SMILES string of the molecule is NC(Cc1cc(CCl)cc(CCl)c1)C(=O)O. The van der Waals surface area contributed by atoms with E-state index in [1.54, 1.807) is 0 Å². The summed E-state index contributed by atoms with van der Waals surface area (Å²) in [6.07, 6.45) is 0.282. The molecule has 0 spiro atoms. The number of carbonyl (C=O) groups is 1. The number of carboxylic acids is 1. The average molecular weight is 262 g/mol. The topological polar surface area (TPSA) is 63.3 Å². The molecule has 0 saturated carbocycles. The fourth-order valence-electron chi connectivity index (χ4n) is 1.45. The van der Waals surface area contributed by atoms with Crippen molar-refractivity contribution < 1.29 is 9.90 Å². The molecule has 3 N–H and O–H groups in total. The lowest BCUT2D eigenvalue weighted by Crippen LogP contribution is -2.32. The molecule has 3 nitrogen and oxygen atoms in total. The first-order valence-electron chi connectivity index (χ1n) is 4.79. The second kappa shape index (κ2) is 6.09. The zero-order valence-corrected chi connectivity index (χ0v) is 10.1. The third-order valence-electron chi connectivity index (χ3n) is 2.19. The molecule has 1 atom stereocenters. The van der Waals surface area contributed by atoms with Crippen molar-refractivity contribution in [1.82, 2.24) is 0 Å². The van der Waals surface area contributed by atoms with Gasteiger partial charge in [-0.3, -0.25) is 4.79 Å². The van der Waals surface area contributed by atoms with Gasteiger partial charge in [0.25, 0.3) is 0 Å². The Bertz CT molecular complexity index is 360. The van der Waals surface area contributed by atoms with Crippen LogP contribution >= 0.6 is 23.2 Å². The van der Waals surface area contributed by atoms with Gasteiger partial charge in [-0.05, 0) is 23.1 Å². The van der Waals surface area contributed by atoms with Crippen LogP contribution in [-0.4, -0.2) is 17.1 Å². The quantitative estimate of drug-likeness (QED) is 0.799. The molecule has 1 unspecified atom stereocenters. The molecule has 0 radical (unpaired) electrons. The number of rotatable bonds is 5. The summed E-state index contributed by atoms with van der Waals surface area (Å²) in [5.41, 5.74) is 8.16. The van der Waals surface area contributed by atoms with Crippen LogP contribution in [0.4, 0.5) is 0 Å². The molecule has 5 heteroatoms. The number of hydrogen-bond donors (Lipinski definition) is 2. The highest BCUT2D eigenvalue weighted by Crippen LogP contribution is 2.15. The Kier molecular flexibility index (Phi) is 5.06. The molecule has 0 aliphatic carbocycles. The van der Waals surface area contributed by atoms with E-state index in [1.165, 1.54) is 0 Å². The molecule has 0 aliphatic heterocycles. The normalized spacial score (nSPS) is 12.4. The van der Waals surface area contributed by atoms with E-state index in [0.717, 1.165) is 16.7 Å². The van der Waals surface area contributed by atoms with Crippen LogP contribution in [-0.2, 0) is 23.0 Å². The van der Waals surface area contributed by atoms with Gasteiger partial charge >= 0.3 is 5.97 Å². The molecule has 0 amide bonds. The van der Waals surface area contributed by atoms with Gasteiger partial charge in [-0.15, -0.1) is 23.2 Å². The van der Waals surface area contributed by atoms with Crippen LogP contribution in [0.25, 0.3) is 0 Å². The number of carboxylic acid groups (broad SMARTS) is 1. The van der Waals surface area contributed by atoms with Gasteiger partial charge in [-0.2, -0.15) is 0 Å². The van der Waals surface area contributed by atoms with Gasteiger partial charge in [0.15, 0.2) is 0 Å². The first kappa shape index (κ1) is 13.3. The summed E-state index contributed by atoms with van der Waals surface area (Å²) >= 11 is 11.5. The van der Waals surface area contributed by atoms with E-state index in [2.05, 4.69) is 0 Å². The third kappa shape index (κ3) is 3.67. The summed E-state index contributed by atoms with van der Waals surface area (Å²) in [6.45, 7) is 0. The molecule has 1 aromatic carbocycles. The molecule has 0 heterocycles. The standard InChI is InChI=1S/C11H13Cl2NO2/c12-5-8-1-7(2-9(3-8)6-13)4-10(14)11(15)16/h1-3,10H,4-6,14H2,(H,15,16). The van der Waals surface area contributed by atoms with Crippen LogP contribution in [0.2, 0.25) is 0 Å². The first-order valence-corrected chi connectivity index (χ1v) is 5.85. The van der Waals surface area contributed by atoms with Gasteiger partial charge in [0.05, 0.1) is 0 Å². The number of hydrogen-bond acceptors (Lipinski definition) is 2. The van der Waals surface area contributed by atoms with Crippen molar-refractivity contribution in [2.45, 2.75) is 24.2 Å². The second-order valence-corrected chi connectivity index (χ2v) is 4.11. The van der Waals surface area contributed by atoms with Crippen LogP contribution in [0.1, 0.15) is 16.7 Å². The fourth-order valence-corrected chi connectivity index (χ4v) is 1.76. The van der Waals surface area contributed by atoms with Crippen LogP contribution in [0.15, 0.2) is 18.2 Å². The van der Waals surface area contributed by atoms with Gasteiger partial charge in [0.2, 0.25) is 0 Å². The van der Waals surface area contributed by atoms with Crippen molar-refractivity contribution in [3.63, 3.8) is 0 Å². The second-order valence-electron chi connectivity index (χ2n) is 3.57. The molecule has 0 fully saturated rings. The highest BCUT2D eigenvalue weighted by atomic mass is 35.5. The van der Waals surface area contributed by atoms with E-state index >= 15 is 0 Å². The monoisotopic (exact) mass is 261 g/mol. The molecule has 0 saturated heterocycles. The fraction of sp³-hybridized carbons (Fsp3) is 0.364. The summed E-state index contributed by atoms with van der Waals surface area (Å²) in [6, 6.07) is 4.71. The lowest BCUT2D eigenvalue weighted by Gasteiger charge is -2.09. The van der Waals surface area contributed by atoms with E-state index in [4.69, 9.17) is 34.0 Å². The number of halogens is 2. The minimum Gasteiger partial charge on any atom is -0.480 e. The van der Waals surface area contributed by atoms with Gasteiger partial charge in [0, 0.05) is 11.8 Å². The molecule has 1 aromatic rings. The maximum atomic E-state index is 10.6. The zero-order chi connectivity index (χ0) is 12.1. The minimum absolute atomic E-state index is 0.282. The molecular weight excluding hydrogens is 249 g/mol. The lowest BCUT2D eigenvalue weighted by atomic mass is 10.0. The largest absolute Gasteiger partial charge is 0.480 e. The van der Waals surface area contributed by atoms with E-state index in [9.17, 15) is 4.79 Å². The lowest BCUT2D eigenvalue weighted by molar-refractivity contribution is -0.138. The van der Waals surface area contributed by atoms with E-state index < -0.39 is 12.0 Å². The van der Waals surface area contributed by atoms with Gasteiger partial charge < -0.3 is 10.8 Å². The van der Waals surface area contributed by atoms with Crippen LogP contribution in [0.3, 0.4) is 0 Å². The molecule has 88 valence electrons. The Balaban J connectivity index is 2.90. The molecule has 16 heavy (non-hydrogen) atoms. The highest BCUT2D eigenvalue weighted by molar-refractivity contribution is 6.17. The van der Waals surface area contributed by atoms with E-state index in [-0.39, 0.29) is 6.42 Å². The predicted molar refractivity (Wildman–Crippen MR) is 64.9 cm³/mol. The van der Waals surface area contributed by atoms with E-state index in [1.807, 2.05) is 18.2 Å². The smallest absolute Gasteiger partial charge is 0.320 e. The van der Waals surface area contributed by atoms with Crippen LogP contribution in [0.5, 0.6) is 0 Å². The van der Waals surface area contributed by atoms with Crippen molar-refractivity contribution >= 4 is 29.2 Å². The Morgan fingerprint density at radius 3 is 2.00 bits per heavy atom. The summed E-state index contributed by atoms with van der Waals surface area (Å²) < 4.78 is 0. The van der Waals surface area contributed by atoms with Crippen molar-refractivity contribution in [3.8, 4) is 0 Å². The Morgan fingerprint density at radius 1 is 1.19 bits per heavy atom. The van der Waals surface area contributed by atoms with Crippen molar-refractivity contribution in [1.29, 1.82) is 0 Å². The highest BCUT2D eigenvalue weighted by Gasteiger charge is 2.12.